The highest BCUT2D eigenvalue weighted by atomic mass is 16.6. The molecular formula is C19H22O5. The molecule has 0 saturated heterocycles. The van der Waals surface area contributed by atoms with Gasteiger partial charge in [0.05, 0.1) is 26.4 Å². The lowest BCUT2D eigenvalue weighted by Gasteiger charge is -2.08. The predicted molar refractivity (Wildman–Crippen MR) is 92.2 cm³/mol. The second kappa shape index (κ2) is 10.4. The molecular weight excluding hydrogens is 308 g/mol. The zero-order valence-electron chi connectivity index (χ0n) is 13.6. The van der Waals surface area contributed by atoms with Crippen LogP contribution in [-0.2, 0) is 19.0 Å². The topological polar surface area (TPSA) is 54.0 Å². The van der Waals surface area contributed by atoms with Gasteiger partial charge in [-0.15, -0.1) is 0 Å². The van der Waals surface area contributed by atoms with Crippen molar-refractivity contribution in [3.05, 3.63) is 55.1 Å². The molecule has 0 unspecified atom stereocenters. The van der Waals surface area contributed by atoms with Crippen molar-refractivity contribution in [2.75, 3.05) is 39.6 Å². The number of carbonyl (C=O) groups is 1. The third-order valence-corrected chi connectivity index (χ3v) is 3.23. The Morgan fingerprint density at radius 1 is 0.875 bits per heavy atom. The molecule has 0 heterocycles. The van der Waals surface area contributed by atoms with Crippen molar-refractivity contribution in [2.45, 2.75) is 0 Å². The Morgan fingerprint density at radius 2 is 1.54 bits per heavy atom. The Bertz CT molecular complexity index is 653. The third-order valence-electron chi connectivity index (χ3n) is 3.23. The highest BCUT2D eigenvalue weighted by Gasteiger charge is 1.98. The molecule has 2 aromatic carbocycles. The van der Waals surface area contributed by atoms with Gasteiger partial charge in [-0.2, -0.15) is 0 Å². The van der Waals surface area contributed by atoms with Crippen molar-refractivity contribution in [1.29, 1.82) is 0 Å². The molecule has 0 aliphatic heterocycles. The van der Waals surface area contributed by atoms with Gasteiger partial charge in [-0.05, 0) is 22.9 Å². The zero-order valence-corrected chi connectivity index (χ0v) is 13.6. The van der Waals surface area contributed by atoms with E-state index in [0.29, 0.717) is 33.0 Å². The molecule has 5 nitrogen and oxygen atoms in total. The Morgan fingerprint density at radius 3 is 2.29 bits per heavy atom. The Hall–Kier alpha value is -2.37. The average Bonchev–Trinajstić information content (AvgIpc) is 2.62. The monoisotopic (exact) mass is 330 g/mol. The summed E-state index contributed by atoms with van der Waals surface area (Å²) in [6, 6.07) is 14.2. The SMILES string of the molecule is C=CC(=O)OCCOCCOCCOc1ccc2ccccc2c1. The van der Waals surface area contributed by atoms with Gasteiger partial charge in [0.2, 0.25) is 0 Å². The fourth-order valence-electron chi connectivity index (χ4n) is 2.06. The Kier molecular flexibility index (Phi) is 7.80. The second-order valence-electron chi connectivity index (χ2n) is 4.95. The fourth-order valence-corrected chi connectivity index (χ4v) is 2.06. The first-order chi connectivity index (χ1) is 11.8. The van der Waals surface area contributed by atoms with Gasteiger partial charge < -0.3 is 18.9 Å². The highest BCUT2D eigenvalue weighted by Crippen LogP contribution is 2.20. The molecule has 0 aromatic heterocycles. The minimum absolute atomic E-state index is 0.218. The van der Waals surface area contributed by atoms with Gasteiger partial charge in [-0.3, -0.25) is 0 Å². The van der Waals surface area contributed by atoms with Crippen LogP contribution in [0.25, 0.3) is 10.8 Å². The molecule has 128 valence electrons. The molecule has 0 bridgehead atoms. The lowest BCUT2D eigenvalue weighted by Crippen LogP contribution is -2.13. The molecule has 0 radical (unpaired) electrons. The van der Waals surface area contributed by atoms with E-state index in [1.54, 1.807) is 0 Å². The first kappa shape index (κ1) is 18.0. The van der Waals surface area contributed by atoms with E-state index in [9.17, 15) is 4.79 Å². The Balaban J connectivity index is 1.50. The lowest BCUT2D eigenvalue weighted by atomic mass is 10.1. The molecule has 0 aliphatic rings. The first-order valence-corrected chi connectivity index (χ1v) is 7.86. The molecule has 0 fully saturated rings. The van der Waals surface area contributed by atoms with E-state index in [1.807, 2.05) is 30.3 Å². The van der Waals surface area contributed by atoms with E-state index in [0.717, 1.165) is 17.2 Å². The number of hydrogen-bond acceptors (Lipinski definition) is 5. The first-order valence-electron chi connectivity index (χ1n) is 7.86. The van der Waals surface area contributed by atoms with Crippen LogP contribution in [0.1, 0.15) is 0 Å². The van der Waals surface area contributed by atoms with Crippen molar-refractivity contribution >= 4 is 16.7 Å². The molecule has 0 aliphatic carbocycles. The average molecular weight is 330 g/mol. The van der Waals surface area contributed by atoms with E-state index in [2.05, 4.69) is 18.7 Å². The van der Waals surface area contributed by atoms with E-state index in [-0.39, 0.29) is 6.61 Å². The molecule has 2 aromatic rings. The molecule has 0 spiro atoms. The summed E-state index contributed by atoms with van der Waals surface area (Å²) in [5.41, 5.74) is 0. The number of carbonyl (C=O) groups excluding carboxylic acids is 1. The quantitative estimate of drug-likeness (QED) is 0.360. The normalized spacial score (nSPS) is 10.5. The molecule has 5 heteroatoms. The molecule has 0 N–H and O–H groups in total. The summed E-state index contributed by atoms with van der Waals surface area (Å²) in [6.45, 7) is 5.75. The van der Waals surface area contributed by atoms with Crippen LogP contribution in [0, 0.1) is 0 Å². The lowest BCUT2D eigenvalue weighted by molar-refractivity contribution is -0.139. The van der Waals surface area contributed by atoms with E-state index >= 15 is 0 Å². The highest BCUT2D eigenvalue weighted by molar-refractivity contribution is 5.83. The van der Waals surface area contributed by atoms with Crippen LogP contribution < -0.4 is 4.74 Å². The summed E-state index contributed by atoms with van der Waals surface area (Å²) < 4.78 is 21.1. The summed E-state index contributed by atoms with van der Waals surface area (Å²) in [6.07, 6.45) is 1.12. The van der Waals surface area contributed by atoms with E-state index in [1.165, 1.54) is 5.39 Å². The van der Waals surface area contributed by atoms with Gasteiger partial charge >= 0.3 is 5.97 Å². The van der Waals surface area contributed by atoms with Crippen LogP contribution in [0.4, 0.5) is 0 Å². The van der Waals surface area contributed by atoms with E-state index < -0.39 is 5.97 Å². The van der Waals surface area contributed by atoms with Gasteiger partial charge in [0.1, 0.15) is 19.0 Å². The molecule has 0 amide bonds. The number of benzene rings is 2. The number of hydrogen-bond donors (Lipinski definition) is 0. The van der Waals surface area contributed by atoms with Gasteiger partial charge in [0, 0.05) is 6.08 Å². The van der Waals surface area contributed by atoms with Crippen LogP contribution in [0.3, 0.4) is 0 Å². The maximum Gasteiger partial charge on any atom is 0.330 e. The van der Waals surface area contributed by atoms with Crippen LogP contribution >= 0.6 is 0 Å². The number of esters is 1. The largest absolute Gasteiger partial charge is 0.491 e. The Labute approximate surface area is 141 Å². The summed E-state index contributed by atoms with van der Waals surface area (Å²) in [5, 5.41) is 2.35. The maximum absolute atomic E-state index is 10.8. The van der Waals surface area contributed by atoms with Crippen molar-refractivity contribution in [1.82, 2.24) is 0 Å². The molecule has 2 rings (SSSR count). The van der Waals surface area contributed by atoms with E-state index in [4.69, 9.17) is 18.9 Å². The molecule has 24 heavy (non-hydrogen) atoms. The van der Waals surface area contributed by atoms with Crippen molar-refractivity contribution < 1.29 is 23.7 Å². The number of rotatable bonds is 11. The fraction of sp³-hybridized carbons (Fsp3) is 0.316. The summed E-state index contributed by atoms with van der Waals surface area (Å²) in [5.74, 6) is 0.387. The van der Waals surface area contributed by atoms with Gasteiger partial charge in [0.25, 0.3) is 0 Å². The summed E-state index contributed by atoms with van der Waals surface area (Å²) in [4.78, 5) is 10.8. The van der Waals surface area contributed by atoms with Gasteiger partial charge in [-0.1, -0.05) is 36.9 Å². The van der Waals surface area contributed by atoms with Crippen molar-refractivity contribution in [2.24, 2.45) is 0 Å². The molecule has 0 saturated carbocycles. The smallest absolute Gasteiger partial charge is 0.330 e. The zero-order chi connectivity index (χ0) is 17.0. The minimum atomic E-state index is -0.444. The number of fused-ring (bicyclic) bond motifs is 1. The van der Waals surface area contributed by atoms with Crippen LogP contribution in [0.5, 0.6) is 5.75 Å². The third kappa shape index (κ3) is 6.40. The molecule has 0 atom stereocenters. The standard InChI is InChI=1S/C19H22O5/c1-2-19(20)24-14-12-22-10-9-21-11-13-23-18-8-7-16-5-3-4-6-17(16)15-18/h2-8,15H,1,9-14H2. The minimum Gasteiger partial charge on any atom is -0.491 e. The van der Waals surface area contributed by atoms with Gasteiger partial charge in [-0.25, -0.2) is 4.79 Å². The second-order valence-corrected chi connectivity index (χ2v) is 4.95. The van der Waals surface area contributed by atoms with Crippen molar-refractivity contribution in [3.63, 3.8) is 0 Å². The van der Waals surface area contributed by atoms with Crippen LogP contribution in [0.15, 0.2) is 55.1 Å². The number of ether oxygens (including phenoxy) is 4. The maximum atomic E-state index is 10.8. The summed E-state index contributed by atoms with van der Waals surface area (Å²) in [7, 11) is 0. The van der Waals surface area contributed by atoms with Crippen molar-refractivity contribution in [3.8, 4) is 5.75 Å². The van der Waals surface area contributed by atoms with Crippen LogP contribution in [-0.4, -0.2) is 45.6 Å². The summed E-state index contributed by atoms with van der Waals surface area (Å²) >= 11 is 0. The predicted octanol–water partition coefficient (Wildman–Crippen LogP) is 2.98. The van der Waals surface area contributed by atoms with Gasteiger partial charge in [0.15, 0.2) is 0 Å². The van der Waals surface area contributed by atoms with Crippen LogP contribution in [0.2, 0.25) is 0 Å².